The van der Waals surface area contributed by atoms with E-state index in [-0.39, 0.29) is 17.9 Å². The molecule has 0 spiro atoms. The van der Waals surface area contributed by atoms with Crippen molar-refractivity contribution in [2.45, 2.75) is 45.1 Å². The minimum absolute atomic E-state index is 0.138. The van der Waals surface area contributed by atoms with Crippen LogP contribution >= 0.6 is 0 Å². The zero-order chi connectivity index (χ0) is 13.0. The maximum absolute atomic E-state index is 12.4. The van der Waals surface area contributed by atoms with Gasteiger partial charge in [0.15, 0.2) is 0 Å². The van der Waals surface area contributed by atoms with Crippen molar-refractivity contribution in [3.05, 3.63) is 0 Å². The van der Waals surface area contributed by atoms with Gasteiger partial charge in [0.05, 0.1) is 6.61 Å². The molecule has 1 aliphatic heterocycles. The van der Waals surface area contributed by atoms with Crippen LogP contribution in [0.25, 0.3) is 0 Å². The SMILES string of the molecule is CC1COCCC1NC(=O)C1CCCCC1CN. The van der Waals surface area contributed by atoms with E-state index in [1.165, 1.54) is 6.42 Å². The van der Waals surface area contributed by atoms with E-state index in [0.717, 1.165) is 38.9 Å². The quantitative estimate of drug-likeness (QED) is 0.797. The van der Waals surface area contributed by atoms with Crippen LogP contribution in [-0.4, -0.2) is 31.7 Å². The highest BCUT2D eigenvalue weighted by atomic mass is 16.5. The summed E-state index contributed by atoms with van der Waals surface area (Å²) in [6.07, 6.45) is 5.44. The standard InChI is InChI=1S/C14H26N2O2/c1-10-9-18-7-6-13(10)16-14(17)12-5-3-2-4-11(12)8-15/h10-13H,2-9,15H2,1H3,(H,16,17). The molecule has 0 aromatic rings. The van der Waals surface area contributed by atoms with E-state index in [4.69, 9.17) is 10.5 Å². The number of carbonyl (C=O) groups excluding carboxylic acids is 1. The first-order valence-corrected chi connectivity index (χ1v) is 7.30. The van der Waals surface area contributed by atoms with Gasteiger partial charge in [-0.2, -0.15) is 0 Å². The third-order valence-electron chi connectivity index (χ3n) is 4.52. The van der Waals surface area contributed by atoms with Gasteiger partial charge in [0.25, 0.3) is 0 Å². The lowest BCUT2D eigenvalue weighted by Gasteiger charge is -2.34. The first kappa shape index (κ1) is 13.8. The van der Waals surface area contributed by atoms with Gasteiger partial charge in [-0.15, -0.1) is 0 Å². The van der Waals surface area contributed by atoms with E-state index in [1.54, 1.807) is 0 Å². The van der Waals surface area contributed by atoms with Gasteiger partial charge >= 0.3 is 0 Å². The second-order valence-corrected chi connectivity index (χ2v) is 5.84. The normalized spacial score (nSPS) is 37.2. The summed E-state index contributed by atoms with van der Waals surface area (Å²) < 4.78 is 5.41. The van der Waals surface area contributed by atoms with Gasteiger partial charge in [-0.05, 0) is 37.6 Å². The van der Waals surface area contributed by atoms with Crippen LogP contribution in [0.15, 0.2) is 0 Å². The fourth-order valence-electron chi connectivity index (χ4n) is 3.22. The largest absolute Gasteiger partial charge is 0.381 e. The van der Waals surface area contributed by atoms with Crippen LogP contribution in [-0.2, 0) is 9.53 Å². The van der Waals surface area contributed by atoms with Gasteiger partial charge in [-0.3, -0.25) is 4.79 Å². The number of nitrogens with one attached hydrogen (secondary N) is 1. The molecule has 1 heterocycles. The highest BCUT2D eigenvalue weighted by molar-refractivity contribution is 5.79. The molecule has 4 unspecified atom stereocenters. The Balaban J connectivity index is 1.89. The van der Waals surface area contributed by atoms with Crippen LogP contribution in [0.3, 0.4) is 0 Å². The first-order chi connectivity index (χ1) is 8.72. The van der Waals surface area contributed by atoms with Gasteiger partial charge in [-0.25, -0.2) is 0 Å². The average Bonchev–Trinajstić information content (AvgIpc) is 2.41. The van der Waals surface area contributed by atoms with Crippen molar-refractivity contribution in [1.29, 1.82) is 0 Å². The molecule has 104 valence electrons. The average molecular weight is 254 g/mol. The van der Waals surface area contributed by atoms with Crippen LogP contribution < -0.4 is 11.1 Å². The minimum Gasteiger partial charge on any atom is -0.381 e. The second kappa shape index (κ2) is 6.53. The molecule has 0 bridgehead atoms. The van der Waals surface area contributed by atoms with Gasteiger partial charge in [0, 0.05) is 18.6 Å². The molecule has 1 aliphatic carbocycles. The molecule has 4 atom stereocenters. The molecule has 3 N–H and O–H groups in total. The molecule has 0 aromatic carbocycles. The van der Waals surface area contributed by atoms with Gasteiger partial charge < -0.3 is 15.8 Å². The summed E-state index contributed by atoms with van der Waals surface area (Å²) in [7, 11) is 0. The number of hydrogen-bond donors (Lipinski definition) is 2. The van der Waals surface area contributed by atoms with E-state index in [1.807, 2.05) is 0 Å². The van der Waals surface area contributed by atoms with Crippen molar-refractivity contribution in [2.24, 2.45) is 23.5 Å². The van der Waals surface area contributed by atoms with Gasteiger partial charge in [0.1, 0.15) is 0 Å². The van der Waals surface area contributed by atoms with Crippen LogP contribution in [0, 0.1) is 17.8 Å². The van der Waals surface area contributed by atoms with Gasteiger partial charge in [-0.1, -0.05) is 19.8 Å². The Morgan fingerprint density at radius 2 is 2.11 bits per heavy atom. The summed E-state index contributed by atoms with van der Waals surface area (Å²) in [5, 5.41) is 3.23. The third kappa shape index (κ3) is 3.23. The van der Waals surface area contributed by atoms with Crippen molar-refractivity contribution >= 4 is 5.91 Å². The Labute approximate surface area is 110 Å². The monoisotopic (exact) mass is 254 g/mol. The van der Waals surface area contributed by atoms with Crippen molar-refractivity contribution in [3.63, 3.8) is 0 Å². The molecular weight excluding hydrogens is 228 g/mol. The topological polar surface area (TPSA) is 64.3 Å². The summed E-state index contributed by atoms with van der Waals surface area (Å²) >= 11 is 0. The van der Waals surface area contributed by atoms with Crippen molar-refractivity contribution in [3.8, 4) is 0 Å². The molecule has 2 aliphatic rings. The maximum Gasteiger partial charge on any atom is 0.223 e. The highest BCUT2D eigenvalue weighted by Gasteiger charge is 2.32. The Bertz CT molecular complexity index is 283. The summed E-state index contributed by atoms with van der Waals surface area (Å²) in [4.78, 5) is 12.4. The molecule has 4 nitrogen and oxygen atoms in total. The highest BCUT2D eigenvalue weighted by Crippen LogP contribution is 2.30. The van der Waals surface area contributed by atoms with Crippen LogP contribution in [0.5, 0.6) is 0 Å². The number of carbonyl (C=O) groups is 1. The number of rotatable bonds is 3. The molecule has 4 heteroatoms. The Kier molecular flexibility index (Phi) is 5.01. The number of hydrogen-bond acceptors (Lipinski definition) is 3. The molecule has 0 radical (unpaired) electrons. The third-order valence-corrected chi connectivity index (χ3v) is 4.52. The van der Waals surface area contributed by atoms with Gasteiger partial charge in [0.2, 0.25) is 5.91 Å². The Hall–Kier alpha value is -0.610. The Morgan fingerprint density at radius 1 is 1.33 bits per heavy atom. The van der Waals surface area contributed by atoms with E-state index in [9.17, 15) is 4.79 Å². The van der Waals surface area contributed by atoms with E-state index >= 15 is 0 Å². The lowest BCUT2D eigenvalue weighted by atomic mass is 9.78. The minimum atomic E-state index is 0.138. The molecule has 0 aromatic heterocycles. The molecule has 1 amide bonds. The smallest absolute Gasteiger partial charge is 0.223 e. The molecule has 2 fully saturated rings. The fourth-order valence-corrected chi connectivity index (χ4v) is 3.22. The zero-order valence-corrected chi connectivity index (χ0v) is 11.4. The number of amides is 1. The van der Waals surface area contributed by atoms with Crippen LogP contribution in [0.1, 0.15) is 39.0 Å². The second-order valence-electron chi connectivity index (χ2n) is 5.84. The number of ether oxygens (including phenoxy) is 1. The fraction of sp³-hybridized carbons (Fsp3) is 0.929. The van der Waals surface area contributed by atoms with E-state index < -0.39 is 0 Å². The summed E-state index contributed by atoms with van der Waals surface area (Å²) in [5.41, 5.74) is 5.79. The maximum atomic E-state index is 12.4. The lowest BCUT2D eigenvalue weighted by molar-refractivity contribution is -0.129. The summed E-state index contributed by atoms with van der Waals surface area (Å²) in [6.45, 7) is 4.31. The number of nitrogens with two attached hydrogens (primary N) is 1. The predicted molar refractivity (Wildman–Crippen MR) is 71.0 cm³/mol. The Morgan fingerprint density at radius 3 is 2.83 bits per heavy atom. The molecule has 18 heavy (non-hydrogen) atoms. The molecule has 2 rings (SSSR count). The van der Waals surface area contributed by atoms with E-state index in [2.05, 4.69) is 12.2 Å². The molecule has 1 saturated carbocycles. The first-order valence-electron chi connectivity index (χ1n) is 7.30. The van der Waals surface area contributed by atoms with Crippen molar-refractivity contribution in [2.75, 3.05) is 19.8 Å². The zero-order valence-electron chi connectivity index (χ0n) is 11.4. The van der Waals surface area contributed by atoms with Crippen LogP contribution in [0.4, 0.5) is 0 Å². The summed E-state index contributed by atoms with van der Waals surface area (Å²) in [6, 6.07) is 0.284. The van der Waals surface area contributed by atoms with Crippen molar-refractivity contribution < 1.29 is 9.53 Å². The predicted octanol–water partition coefficient (Wildman–Crippen LogP) is 1.29. The van der Waals surface area contributed by atoms with Crippen molar-refractivity contribution in [1.82, 2.24) is 5.32 Å². The molecular formula is C14H26N2O2. The molecule has 1 saturated heterocycles. The lowest BCUT2D eigenvalue weighted by Crippen LogP contribution is -2.48. The van der Waals surface area contributed by atoms with E-state index in [0.29, 0.717) is 18.4 Å². The summed E-state index contributed by atoms with van der Waals surface area (Å²) in [5.74, 6) is 1.17. The van der Waals surface area contributed by atoms with Crippen LogP contribution in [0.2, 0.25) is 0 Å².